The Kier molecular flexibility index (Phi) is 3.36. The van der Waals surface area contributed by atoms with Gasteiger partial charge in [0.15, 0.2) is 0 Å². The SMILES string of the molecule is Cc1ncsc1C(=O)NCC1CCCC1. The lowest BCUT2D eigenvalue weighted by molar-refractivity contribution is 0.0950. The summed E-state index contributed by atoms with van der Waals surface area (Å²) < 4.78 is 0. The quantitative estimate of drug-likeness (QED) is 0.856. The van der Waals surface area contributed by atoms with Gasteiger partial charge in [0, 0.05) is 6.54 Å². The molecule has 82 valence electrons. The lowest BCUT2D eigenvalue weighted by atomic mass is 10.1. The molecule has 0 aliphatic heterocycles. The number of carbonyl (C=O) groups excluding carboxylic acids is 1. The minimum absolute atomic E-state index is 0.0434. The molecule has 1 saturated carbocycles. The van der Waals surface area contributed by atoms with Gasteiger partial charge in [0.1, 0.15) is 4.88 Å². The van der Waals surface area contributed by atoms with E-state index < -0.39 is 0 Å². The summed E-state index contributed by atoms with van der Waals surface area (Å²) >= 11 is 1.42. The van der Waals surface area contributed by atoms with Crippen molar-refractivity contribution >= 4 is 17.2 Å². The van der Waals surface area contributed by atoms with Crippen LogP contribution in [0.5, 0.6) is 0 Å². The van der Waals surface area contributed by atoms with E-state index in [1.54, 1.807) is 5.51 Å². The number of hydrogen-bond acceptors (Lipinski definition) is 3. The zero-order chi connectivity index (χ0) is 10.7. The highest BCUT2D eigenvalue weighted by atomic mass is 32.1. The third-order valence-corrected chi connectivity index (χ3v) is 3.91. The molecule has 0 atom stereocenters. The number of hydrogen-bond donors (Lipinski definition) is 1. The average molecular weight is 224 g/mol. The standard InChI is InChI=1S/C11H16N2OS/c1-8-10(15-7-13-8)11(14)12-6-9-4-2-3-5-9/h7,9H,2-6H2,1H3,(H,12,14). The van der Waals surface area contributed by atoms with E-state index in [0.717, 1.165) is 17.1 Å². The van der Waals surface area contributed by atoms with Crippen LogP contribution in [0.2, 0.25) is 0 Å². The number of thiazole rings is 1. The maximum Gasteiger partial charge on any atom is 0.263 e. The molecule has 0 spiro atoms. The van der Waals surface area contributed by atoms with Gasteiger partial charge >= 0.3 is 0 Å². The van der Waals surface area contributed by atoms with Crippen molar-refractivity contribution < 1.29 is 4.79 Å². The van der Waals surface area contributed by atoms with Crippen LogP contribution in [0.1, 0.15) is 41.0 Å². The highest BCUT2D eigenvalue weighted by molar-refractivity contribution is 7.11. The molecular formula is C11H16N2OS. The minimum Gasteiger partial charge on any atom is -0.351 e. The first-order valence-corrected chi connectivity index (χ1v) is 6.33. The van der Waals surface area contributed by atoms with Crippen LogP contribution in [0.15, 0.2) is 5.51 Å². The summed E-state index contributed by atoms with van der Waals surface area (Å²) in [6.07, 6.45) is 5.17. The number of aryl methyl sites for hydroxylation is 1. The van der Waals surface area contributed by atoms with Crippen molar-refractivity contribution in [3.05, 3.63) is 16.1 Å². The third-order valence-electron chi connectivity index (χ3n) is 2.98. The van der Waals surface area contributed by atoms with E-state index >= 15 is 0 Å². The van der Waals surface area contributed by atoms with E-state index in [-0.39, 0.29) is 5.91 Å². The lowest BCUT2D eigenvalue weighted by Gasteiger charge is -2.09. The largest absolute Gasteiger partial charge is 0.351 e. The molecular weight excluding hydrogens is 208 g/mol. The van der Waals surface area contributed by atoms with E-state index in [1.165, 1.54) is 37.0 Å². The average Bonchev–Trinajstić information content (AvgIpc) is 2.84. The van der Waals surface area contributed by atoms with E-state index in [9.17, 15) is 4.79 Å². The maximum atomic E-state index is 11.7. The molecule has 15 heavy (non-hydrogen) atoms. The van der Waals surface area contributed by atoms with Crippen LogP contribution in [0, 0.1) is 12.8 Å². The fourth-order valence-corrected chi connectivity index (χ4v) is 2.77. The van der Waals surface area contributed by atoms with Gasteiger partial charge in [0.25, 0.3) is 5.91 Å². The van der Waals surface area contributed by atoms with Crippen molar-refractivity contribution in [1.82, 2.24) is 10.3 Å². The van der Waals surface area contributed by atoms with E-state index in [4.69, 9.17) is 0 Å². The summed E-state index contributed by atoms with van der Waals surface area (Å²) in [5.41, 5.74) is 2.56. The van der Waals surface area contributed by atoms with Gasteiger partial charge in [-0.3, -0.25) is 4.79 Å². The van der Waals surface area contributed by atoms with Crippen molar-refractivity contribution in [2.75, 3.05) is 6.54 Å². The normalized spacial score (nSPS) is 16.9. The first kappa shape index (κ1) is 10.6. The lowest BCUT2D eigenvalue weighted by Crippen LogP contribution is -2.28. The maximum absolute atomic E-state index is 11.7. The molecule has 2 rings (SSSR count). The molecule has 1 fully saturated rings. The molecule has 0 bridgehead atoms. The van der Waals surface area contributed by atoms with Crippen LogP contribution in [0.3, 0.4) is 0 Å². The Morgan fingerprint density at radius 1 is 1.60 bits per heavy atom. The minimum atomic E-state index is 0.0434. The number of rotatable bonds is 3. The van der Waals surface area contributed by atoms with Crippen LogP contribution in [0.25, 0.3) is 0 Å². The second-order valence-corrected chi connectivity index (χ2v) is 4.98. The molecule has 1 heterocycles. The molecule has 1 amide bonds. The zero-order valence-corrected chi connectivity index (χ0v) is 9.77. The molecule has 0 unspecified atom stereocenters. The second-order valence-electron chi connectivity index (χ2n) is 4.13. The van der Waals surface area contributed by atoms with Crippen LogP contribution in [-0.4, -0.2) is 17.4 Å². The monoisotopic (exact) mass is 224 g/mol. The Balaban J connectivity index is 1.84. The summed E-state index contributed by atoms with van der Waals surface area (Å²) in [5, 5.41) is 3.00. The Hall–Kier alpha value is -0.900. The Morgan fingerprint density at radius 3 is 2.93 bits per heavy atom. The van der Waals surface area contributed by atoms with Crippen LogP contribution in [0.4, 0.5) is 0 Å². The van der Waals surface area contributed by atoms with Gasteiger partial charge in [-0.2, -0.15) is 0 Å². The molecule has 3 nitrogen and oxygen atoms in total. The smallest absolute Gasteiger partial charge is 0.263 e. The number of carbonyl (C=O) groups is 1. The van der Waals surface area contributed by atoms with Gasteiger partial charge < -0.3 is 5.32 Å². The predicted molar refractivity (Wildman–Crippen MR) is 61.1 cm³/mol. The number of aromatic nitrogens is 1. The Morgan fingerprint density at radius 2 is 2.33 bits per heavy atom. The molecule has 4 heteroatoms. The Labute approximate surface area is 93.9 Å². The van der Waals surface area contributed by atoms with Gasteiger partial charge in [0.05, 0.1) is 11.2 Å². The summed E-state index contributed by atoms with van der Waals surface area (Å²) in [4.78, 5) is 16.6. The van der Waals surface area contributed by atoms with Crippen LogP contribution >= 0.6 is 11.3 Å². The van der Waals surface area contributed by atoms with Crippen molar-refractivity contribution in [3.63, 3.8) is 0 Å². The summed E-state index contributed by atoms with van der Waals surface area (Å²) in [7, 11) is 0. The second kappa shape index (κ2) is 4.75. The topological polar surface area (TPSA) is 42.0 Å². The summed E-state index contributed by atoms with van der Waals surface area (Å²) in [6, 6.07) is 0. The van der Waals surface area contributed by atoms with Gasteiger partial charge in [-0.05, 0) is 25.7 Å². The highest BCUT2D eigenvalue weighted by Gasteiger charge is 2.17. The van der Waals surface area contributed by atoms with Gasteiger partial charge in [0.2, 0.25) is 0 Å². The van der Waals surface area contributed by atoms with Crippen molar-refractivity contribution in [1.29, 1.82) is 0 Å². The number of amides is 1. The molecule has 1 aromatic rings. The molecule has 0 radical (unpaired) electrons. The van der Waals surface area contributed by atoms with Crippen molar-refractivity contribution in [3.8, 4) is 0 Å². The fraction of sp³-hybridized carbons (Fsp3) is 0.636. The van der Waals surface area contributed by atoms with E-state index in [2.05, 4.69) is 10.3 Å². The van der Waals surface area contributed by atoms with E-state index in [0.29, 0.717) is 5.92 Å². The first-order valence-electron chi connectivity index (χ1n) is 5.45. The summed E-state index contributed by atoms with van der Waals surface area (Å²) in [6.45, 7) is 2.71. The molecule has 0 aromatic carbocycles. The summed E-state index contributed by atoms with van der Waals surface area (Å²) in [5.74, 6) is 0.740. The van der Waals surface area contributed by atoms with Gasteiger partial charge in [-0.1, -0.05) is 12.8 Å². The van der Waals surface area contributed by atoms with Gasteiger partial charge in [-0.25, -0.2) is 4.98 Å². The van der Waals surface area contributed by atoms with Crippen LogP contribution in [-0.2, 0) is 0 Å². The number of nitrogens with zero attached hydrogens (tertiary/aromatic N) is 1. The predicted octanol–water partition coefficient (Wildman–Crippen LogP) is 2.37. The van der Waals surface area contributed by atoms with Gasteiger partial charge in [-0.15, -0.1) is 11.3 Å². The molecule has 1 aliphatic carbocycles. The molecule has 1 aromatic heterocycles. The van der Waals surface area contributed by atoms with Crippen molar-refractivity contribution in [2.45, 2.75) is 32.6 Å². The highest BCUT2D eigenvalue weighted by Crippen LogP contribution is 2.24. The zero-order valence-electron chi connectivity index (χ0n) is 8.95. The van der Waals surface area contributed by atoms with Crippen molar-refractivity contribution in [2.24, 2.45) is 5.92 Å². The molecule has 1 N–H and O–H groups in total. The molecule has 1 aliphatic rings. The van der Waals surface area contributed by atoms with E-state index in [1.807, 2.05) is 6.92 Å². The Bertz CT molecular complexity index is 342. The first-order chi connectivity index (χ1) is 7.27. The fourth-order valence-electron chi connectivity index (χ4n) is 2.05. The van der Waals surface area contributed by atoms with Crippen LogP contribution < -0.4 is 5.32 Å². The third kappa shape index (κ3) is 2.56. The number of nitrogens with one attached hydrogen (secondary N) is 1. The molecule has 0 saturated heterocycles.